The quantitative estimate of drug-likeness (QED) is 0.105. The van der Waals surface area contributed by atoms with E-state index in [9.17, 15) is 9.59 Å². The van der Waals surface area contributed by atoms with Crippen LogP contribution in [0.25, 0.3) is 0 Å². The van der Waals surface area contributed by atoms with E-state index in [1.807, 2.05) is 0 Å². The van der Waals surface area contributed by atoms with Gasteiger partial charge in [0, 0.05) is 19.3 Å². The molecular formula is C27H49NO4. The van der Waals surface area contributed by atoms with Gasteiger partial charge in [0.15, 0.2) is 0 Å². The highest BCUT2D eigenvalue weighted by Crippen LogP contribution is 2.09. The second kappa shape index (κ2) is 24.0. The molecule has 0 aromatic carbocycles. The van der Waals surface area contributed by atoms with E-state index in [2.05, 4.69) is 50.0 Å². The summed E-state index contributed by atoms with van der Waals surface area (Å²) in [5, 5.41) is 0. The molecule has 32 heavy (non-hydrogen) atoms. The fraction of sp³-hybridized carbons (Fsp3) is 0.778. The molecule has 0 spiro atoms. The molecule has 0 rings (SSSR count). The summed E-state index contributed by atoms with van der Waals surface area (Å²) in [6, 6.07) is 0. The number of carbonyl (C=O) groups is 2. The monoisotopic (exact) mass is 451 g/mol. The van der Waals surface area contributed by atoms with Crippen molar-refractivity contribution < 1.29 is 19.1 Å². The third-order valence-corrected chi connectivity index (χ3v) is 5.38. The Labute approximate surface area is 197 Å². The number of hydrogen-bond acceptors (Lipinski definition) is 5. The van der Waals surface area contributed by atoms with Crippen LogP contribution in [0.2, 0.25) is 0 Å². The summed E-state index contributed by atoms with van der Waals surface area (Å²) in [6.45, 7) is 10.0. The fourth-order valence-corrected chi connectivity index (χ4v) is 3.30. The van der Waals surface area contributed by atoms with Crippen molar-refractivity contribution in [2.45, 2.75) is 104 Å². The number of esters is 2. The minimum Gasteiger partial charge on any atom is -0.466 e. The minimum atomic E-state index is -0.164. The molecule has 0 unspecified atom stereocenters. The Morgan fingerprint density at radius 3 is 1.84 bits per heavy atom. The number of nitrogens with zero attached hydrogens (tertiary/aromatic N) is 1. The Hall–Kier alpha value is -1.62. The first kappa shape index (κ1) is 30.4. The van der Waals surface area contributed by atoms with Crippen molar-refractivity contribution in [3.05, 3.63) is 24.3 Å². The van der Waals surface area contributed by atoms with Crippen LogP contribution in [0.3, 0.4) is 0 Å². The van der Waals surface area contributed by atoms with Gasteiger partial charge in [0.05, 0.1) is 13.2 Å². The van der Waals surface area contributed by atoms with E-state index in [0.29, 0.717) is 32.5 Å². The van der Waals surface area contributed by atoms with E-state index in [1.165, 1.54) is 32.1 Å². The van der Waals surface area contributed by atoms with Crippen molar-refractivity contribution in [1.82, 2.24) is 4.90 Å². The molecule has 0 atom stereocenters. The van der Waals surface area contributed by atoms with Crippen molar-refractivity contribution in [2.75, 3.05) is 32.8 Å². The van der Waals surface area contributed by atoms with Gasteiger partial charge in [-0.2, -0.15) is 0 Å². The van der Waals surface area contributed by atoms with E-state index in [-0.39, 0.29) is 11.9 Å². The van der Waals surface area contributed by atoms with E-state index in [4.69, 9.17) is 9.47 Å². The standard InChI is InChI=1S/C27H49NO4/c1-4-7-8-9-10-11-12-13-14-15-16-17-18-21-26(29)31-24-20-25-32-27(30)22-19-23-28(5-2)6-3/h8-9,11-12H,4-7,10,13-25H2,1-3H3/b9-8-,12-11-. The van der Waals surface area contributed by atoms with E-state index in [0.717, 1.165) is 51.7 Å². The second-order valence-corrected chi connectivity index (χ2v) is 8.20. The molecule has 0 saturated heterocycles. The summed E-state index contributed by atoms with van der Waals surface area (Å²) in [5.41, 5.74) is 0. The molecular weight excluding hydrogens is 402 g/mol. The van der Waals surface area contributed by atoms with Crippen LogP contribution in [0.4, 0.5) is 0 Å². The van der Waals surface area contributed by atoms with Crippen LogP contribution >= 0.6 is 0 Å². The maximum absolute atomic E-state index is 11.8. The Bertz CT molecular complexity index is 498. The molecule has 0 aromatic heterocycles. The largest absolute Gasteiger partial charge is 0.466 e. The van der Waals surface area contributed by atoms with Gasteiger partial charge in [-0.15, -0.1) is 0 Å². The SMILES string of the molecule is CCC/C=C\C/C=C\CCCCCCCC(=O)OCCCOC(=O)CCCN(CC)CC. The molecule has 0 saturated carbocycles. The second-order valence-electron chi connectivity index (χ2n) is 8.20. The molecule has 0 aliphatic heterocycles. The van der Waals surface area contributed by atoms with Gasteiger partial charge in [-0.05, 0) is 58.2 Å². The first-order valence-corrected chi connectivity index (χ1v) is 13.0. The lowest BCUT2D eigenvalue weighted by Crippen LogP contribution is -2.24. The molecule has 0 N–H and O–H groups in total. The minimum absolute atomic E-state index is 0.144. The van der Waals surface area contributed by atoms with Crippen molar-refractivity contribution in [3.8, 4) is 0 Å². The molecule has 0 aromatic rings. The lowest BCUT2D eigenvalue weighted by molar-refractivity contribution is -0.146. The van der Waals surface area contributed by atoms with Crippen LogP contribution in [-0.2, 0) is 19.1 Å². The number of ether oxygens (including phenoxy) is 2. The molecule has 5 nitrogen and oxygen atoms in total. The molecule has 0 aliphatic carbocycles. The van der Waals surface area contributed by atoms with Crippen molar-refractivity contribution in [3.63, 3.8) is 0 Å². The predicted octanol–water partition coefficient (Wildman–Crippen LogP) is 6.62. The van der Waals surface area contributed by atoms with Gasteiger partial charge in [0.25, 0.3) is 0 Å². The maximum Gasteiger partial charge on any atom is 0.305 e. The summed E-state index contributed by atoms with van der Waals surface area (Å²) < 4.78 is 10.4. The van der Waals surface area contributed by atoms with Crippen LogP contribution < -0.4 is 0 Å². The maximum atomic E-state index is 11.8. The number of unbranched alkanes of at least 4 members (excludes halogenated alkanes) is 6. The summed E-state index contributed by atoms with van der Waals surface area (Å²) >= 11 is 0. The molecule has 0 amide bonds. The van der Waals surface area contributed by atoms with Crippen molar-refractivity contribution in [1.29, 1.82) is 0 Å². The number of hydrogen-bond donors (Lipinski definition) is 0. The molecule has 0 radical (unpaired) electrons. The van der Waals surface area contributed by atoms with Crippen LogP contribution in [0, 0.1) is 0 Å². The van der Waals surface area contributed by atoms with Crippen molar-refractivity contribution in [2.24, 2.45) is 0 Å². The van der Waals surface area contributed by atoms with Gasteiger partial charge < -0.3 is 14.4 Å². The summed E-state index contributed by atoms with van der Waals surface area (Å²) in [6.07, 6.45) is 21.5. The Balaban J connectivity index is 3.41. The number of rotatable bonds is 22. The highest BCUT2D eigenvalue weighted by molar-refractivity contribution is 5.69. The van der Waals surface area contributed by atoms with Crippen LogP contribution in [0.5, 0.6) is 0 Å². The highest BCUT2D eigenvalue weighted by atomic mass is 16.5. The zero-order valence-corrected chi connectivity index (χ0v) is 21.1. The number of carbonyl (C=O) groups excluding carboxylic acids is 2. The van der Waals surface area contributed by atoms with E-state index < -0.39 is 0 Å². The van der Waals surface area contributed by atoms with Gasteiger partial charge in [-0.25, -0.2) is 0 Å². The zero-order valence-electron chi connectivity index (χ0n) is 21.1. The van der Waals surface area contributed by atoms with Crippen LogP contribution in [0.15, 0.2) is 24.3 Å². The van der Waals surface area contributed by atoms with E-state index in [1.54, 1.807) is 0 Å². The molecule has 0 fully saturated rings. The van der Waals surface area contributed by atoms with Gasteiger partial charge in [-0.3, -0.25) is 9.59 Å². The molecule has 0 aliphatic rings. The molecule has 5 heteroatoms. The average Bonchev–Trinajstić information content (AvgIpc) is 2.79. The highest BCUT2D eigenvalue weighted by Gasteiger charge is 2.06. The third-order valence-electron chi connectivity index (χ3n) is 5.38. The topological polar surface area (TPSA) is 55.8 Å². The lowest BCUT2D eigenvalue weighted by atomic mass is 10.1. The van der Waals surface area contributed by atoms with Gasteiger partial charge in [0.1, 0.15) is 0 Å². The van der Waals surface area contributed by atoms with Crippen LogP contribution in [-0.4, -0.2) is 49.7 Å². The molecule has 0 bridgehead atoms. The fourth-order valence-electron chi connectivity index (χ4n) is 3.30. The smallest absolute Gasteiger partial charge is 0.305 e. The summed E-state index contributed by atoms with van der Waals surface area (Å²) in [7, 11) is 0. The van der Waals surface area contributed by atoms with Gasteiger partial charge in [0.2, 0.25) is 0 Å². The van der Waals surface area contributed by atoms with E-state index >= 15 is 0 Å². The predicted molar refractivity (Wildman–Crippen MR) is 134 cm³/mol. The van der Waals surface area contributed by atoms with Gasteiger partial charge in [-0.1, -0.05) is 70.8 Å². The Morgan fingerprint density at radius 2 is 1.22 bits per heavy atom. The van der Waals surface area contributed by atoms with Crippen molar-refractivity contribution >= 4 is 11.9 Å². The first-order valence-electron chi connectivity index (χ1n) is 13.0. The number of allylic oxidation sites excluding steroid dienone is 4. The Morgan fingerprint density at radius 1 is 0.656 bits per heavy atom. The third kappa shape index (κ3) is 21.6. The summed E-state index contributed by atoms with van der Waals surface area (Å²) in [5.74, 6) is -0.308. The normalized spacial score (nSPS) is 11.6. The summed E-state index contributed by atoms with van der Waals surface area (Å²) in [4.78, 5) is 25.7. The lowest BCUT2D eigenvalue weighted by Gasteiger charge is -2.17. The Kier molecular flexibility index (Phi) is 22.8. The molecule has 186 valence electrons. The first-order chi connectivity index (χ1) is 15.6. The average molecular weight is 452 g/mol. The van der Waals surface area contributed by atoms with Gasteiger partial charge >= 0.3 is 11.9 Å². The molecule has 0 heterocycles. The van der Waals surface area contributed by atoms with Crippen LogP contribution in [0.1, 0.15) is 104 Å². The zero-order chi connectivity index (χ0) is 23.7.